The van der Waals surface area contributed by atoms with Crippen molar-refractivity contribution >= 4 is 21.5 Å². The predicted octanol–water partition coefficient (Wildman–Crippen LogP) is 13.3. The molecule has 5 nitrogen and oxygen atoms in total. The maximum absolute atomic E-state index is 5.18. The molecule has 0 aliphatic rings. The minimum absolute atomic E-state index is 0.291. The molecule has 10 rings (SSSR count). The lowest BCUT2D eigenvalue weighted by Gasteiger charge is -2.26. The van der Waals surface area contributed by atoms with Gasteiger partial charge in [0.2, 0.25) is 0 Å². The Morgan fingerprint density at radius 3 is 1.29 bits per heavy atom. The van der Waals surface area contributed by atoms with Crippen molar-refractivity contribution in [1.82, 2.24) is 24.9 Å². The summed E-state index contributed by atoms with van der Waals surface area (Å²) in [4.78, 5) is 25.3. The van der Waals surface area contributed by atoms with Gasteiger partial charge in [-0.25, -0.2) is 24.9 Å². The fourth-order valence-corrected chi connectivity index (χ4v) is 7.92. The second kappa shape index (κ2) is 15.0. The van der Waals surface area contributed by atoms with E-state index >= 15 is 0 Å². The van der Waals surface area contributed by atoms with E-state index in [1.807, 2.05) is 48.5 Å². The first kappa shape index (κ1) is 35.8. The number of hydrogen-bond acceptors (Lipinski definition) is 5. The Morgan fingerprint density at radius 2 is 0.712 bits per heavy atom. The van der Waals surface area contributed by atoms with Crippen LogP contribution >= 0.6 is 0 Å². The molecule has 0 fully saturated rings. The first-order chi connectivity index (χ1) is 29.0. The Kier molecular flexibility index (Phi) is 9.11. The molecule has 0 amide bonds. The number of hydrogen-bond donors (Lipinski definition) is 0. The standard InChI is InChI=1S/C54H39N5/c1-54(2,42-31-27-40(28-32-42)50-55-48(38-17-5-3-6-18-38)35-49(56-50)46-25-13-21-36-15-9-11-23-44(36)46)43-33-29-41(30-34-43)52-57-51(39-19-7-4-8-20-39)58-53(59-52)47-26-14-22-37-16-10-12-24-45(37)47/h3-35H,1-2H3. The second-order valence-electron chi connectivity index (χ2n) is 15.3. The lowest BCUT2D eigenvalue weighted by atomic mass is 9.77. The molecule has 2 heterocycles. The third-order valence-corrected chi connectivity index (χ3v) is 11.3. The summed E-state index contributed by atoms with van der Waals surface area (Å²) < 4.78 is 0. The maximum Gasteiger partial charge on any atom is 0.164 e. The monoisotopic (exact) mass is 757 g/mol. The molecule has 0 bridgehead atoms. The van der Waals surface area contributed by atoms with Crippen LogP contribution in [0.15, 0.2) is 200 Å². The van der Waals surface area contributed by atoms with Gasteiger partial charge < -0.3 is 0 Å². The summed E-state index contributed by atoms with van der Waals surface area (Å²) in [7, 11) is 0. The topological polar surface area (TPSA) is 64.5 Å². The van der Waals surface area contributed by atoms with E-state index in [1.54, 1.807) is 0 Å². The average molecular weight is 758 g/mol. The maximum atomic E-state index is 5.18. The zero-order chi connectivity index (χ0) is 39.8. The van der Waals surface area contributed by atoms with Crippen LogP contribution in [0.1, 0.15) is 25.0 Å². The van der Waals surface area contributed by atoms with Crippen molar-refractivity contribution in [3.05, 3.63) is 211 Å². The lowest BCUT2D eigenvalue weighted by Crippen LogP contribution is -2.18. The summed E-state index contributed by atoms with van der Waals surface area (Å²) >= 11 is 0. The highest BCUT2D eigenvalue weighted by molar-refractivity contribution is 5.97. The molecule has 5 heteroatoms. The van der Waals surface area contributed by atoms with Crippen LogP contribution in [-0.2, 0) is 5.41 Å². The Balaban J connectivity index is 0.987. The van der Waals surface area contributed by atoms with Gasteiger partial charge in [-0.2, -0.15) is 0 Å². The first-order valence-corrected chi connectivity index (χ1v) is 19.9. The van der Waals surface area contributed by atoms with Crippen molar-refractivity contribution in [3.8, 4) is 68.1 Å². The minimum Gasteiger partial charge on any atom is -0.228 e. The van der Waals surface area contributed by atoms with Crippen molar-refractivity contribution in [1.29, 1.82) is 0 Å². The van der Waals surface area contributed by atoms with Crippen LogP contribution < -0.4 is 0 Å². The Labute approximate surface area is 343 Å². The van der Waals surface area contributed by atoms with Crippen molar-refractivity contribution in [2.75, 3.05) is 0 Å². The molecular formula is C54H39N5. The number of fused-ring (bicyclic) bond motifs is 2. The summed E-state index contributed by atoms with van der Waals surface area (Å²) in [6.07, 6.45) is 0. The number of rotatable bonds is 8. The van der Waals surface area contributed by atoms with Crippen molar-refractivity contribution in [2.45, 2.75) is 19.3 Å². The molecule has 2 aromatic heterocycles. The zero-order valence-corrected chi connectivity index (χ0v) is 32.8. The van der Waals surface area contributed by atoms with Crippen molar-refractivity contribution < 1.29 is 0 Å². The SMILES string of the molecule is CC(C)(c1ccc(-c2nc(-c3ccccc3)cc(-c3cccc4ccccc34)n2)cc1)c1ccc(-c2nc(-c3ccccc3)nc(-c3cccc4ccccc34)n2)cc1. The molecule has 0 spiro atoms. The normalized spacial score (nSPS) is 11.6. The van der Waals surface area contributed by atoms with Gasteiger partial charge in [0.1, 0.15) is 0 Å². The van der Waals surface area contributed by atoms with Gasteiger partial charge in [-0.05, 0) is 38.7 Å². The highest BCUT2D eigenvalue weighted by atomic mass is 15.0. The van der Waals surface area contributed by atoms with E-state index in [2.05, 4.69) is 166 Å². The van der Waals surface area contributed by atoms with Crippen LogP contribution in [0.2, 0.25) is 0 Å². The lowest BCUT2D eigenvalue weighted by molar-refractivity contribution is 0.641. The molecule has 10 aromatic rings. The third-order valence-electron chi connectivity index (χ3n) is 11.3. The summed E-state index contributed by atoms with van der Waals surface area (Å²) in [6.45, 7) is 4.52. The largest absolute Gasteiger partial charge is 0.228 e. The molecule has 0 aliphatic carbocycles. The zero-order valence-electron chi connectivity index (χ0n) is 32.8. The summed E-state index contributed by atoms with van der Waals surface area (Å²) in [5.74, 6) is 2.62. The number of benzene rings is 8. The molecule has 0 saturated carbocycles. The number of nitrogens with zero attached hydrogens (tertiary/aromatic N) is 5. The third kappa shape index (κ3) is 6.93. The Morgan fingerprint density at radius 1 is 0.305 bits per heavy atom. The van der Waals surface area contributed by atoms with E-state index in [-0.39, 0.29) is 5.41 Å². The molecule has 0 atom stereocenters. The van der Waals surface area contributed by atoms with Gasteiger partial charge in [0.15, 0.2) is 23.3 Å². The van der Waals surface area contributed by atoms with Gasteiger partial charge in [0.25, 0.3) is 0 Å². The van der Waals surface area contributed by atoms with Crippen LogP contribution in [0.5, 0.6) is 0 Å². The minimum atomic E-state index is -0.291. The molecule has 0 radical (unpaired) electrons. The Bertz CT molecular complexity index is 2880. The molecule has 8 aromatic carbocycles. The quantitative estimate of drug-likeness (QED) is 0.154. The van der Waals surface area contributed by atoms with Crippen molar-refractivity contribution in [3.63, 3.8) is 0 Å². The number of aromatic nitrogens is 5. The van der Waals surface area contributed by atoms with Gasteiger partial charge in [-0.15, -0.1) is 0 Å². The van der Waals surface area contributed by atoms with Crippen LogP contribution in [-0.4, -0.2) is 24.9 Å². The van der Waals surface area contributed by atoms with Gasteiger partial charge in [0.05, 0.1) is 11.4 Å². The van der Waals surface area contributed by atoms with Gasteiger partial charge >= 0.3 is 0 Å². The molecule has 0 saturated heterocycles. The van der Waals surface area contributed by atoms with E-state index in [0.717, 1.165) is 55.5 Å². The predicted molar refractivity (Wildman–Crippen MR) is 242 cm³/mol. The molecule has 280 valence electrons. The van der Waals surface area contributed by atoms with E-state index in [4.69, 9.17) is 24.9 Å². The smallest absolute Gasteiger partial charge is 0.164 e. The summed E-state index contributed by atoms with van der Waals surface area (Å²) in [5, 5.41) is 4.60. The molecule has 0 N–H and O–H groups in total. The average Bonchev–Trinajstić information content (AvgIpc) is 3.31. The highest BCUT2D eigenvalue weighted by Gasteiger charge is 2.24. The fourth-order valence-electron chi connectivity index (χ4n) is 7.92. The first-order valence-electron chi connectivity index (χ1n) is 19.9. The van der Waals surface area contributed by atoms with Crippen LogP contribution in [0.25, 0.3) is 89.6 Å². The Hall–Kier alpha value is -7.63. The van der Waals surface area contributed by atoms with E-state index in [9.17, 15) is 0 Å². The van der Waals surface area contributed by atoms with E-state index in [0.29, 0.717) is 23.3 Å². The van der Waals surface area contributed by atoms with Gasteiger partial charge in [-0.3, -0.25) is 0 Å². The highest BCUT2D eigenvalue weighted by Crippen LogP contribution is 2.36. The molecule has 0 unspecified atom stereocenters. The van der Waals surface area contributed by atoms with Crippen LogP contribution in [0.3, 0.4) is 0 Å². The van der Waals surface area contributed by atoms with Crippen molar-refractivity contribution in [2.24, 2.45) is 0 Å². The van der Waals surface area contributed by atoms with E-state index < -0.39 is 0 Å². The molecular weight excluding hydrogens is 719 g/mol. The second-order valence-corrected chi connectivity index (χ2v) is 15.3. The van der Waals surface area contributed by atoms with E-state index in [1.165, 1.54) is 21.9 Å². The molecule has 59 heavy (non-hydrogen) atoms. The van der Waals surface area contributed by atoms with Gasteiger partial charge in [-0.1, -0.05) is 208 Å². The summed E-state index contributed by atoms with van der Waals surface area (Å²) in [5.41, 5.74) is 9.82. The fraction of sp³-hybridized carbons (Fsp3) is 0.0556. The summed E-state index contributed by atoms with van der Waals surface area (Å²) in [6, 6.07) is 69.3. The van der Waals surface area contributed by atoms with Crippen LogP contribution in [0.4, 0.5) is 0 Å². The van der Waals surface area contributed by atoms with Gasteiger partial charge in [0, 0.05) is 38.8 Å². The van der Waals surface area contributed by atoms with Crippen LogP contribution in [0, 0.1) is 0 Å². The molecule has 0 aliphatic heterocycles.